The summed E-state index contributed by atoms with van der Waals surface area (Å²) in [5.74, 6) is -8.43. The van der Waals surface area contributed by atoms with Crippen molar-refractivity contribution in [2.45, 2.75) is 0 Å². The zero-order valence-corrected chi connectivity index (χ0v) is 14.5. The second-order valence-corrected chi connectivity index (χ2v) is 4.84. The van der Waals surface area contributed by atoms with Gasteiger partial charge in [-0.15, -0.1) is 0 Å². The summed E-state index contributed by atoms with van der Waals surface area (Å²) < 4.78 is 13.2. The topological polar surface area (TPSA) is 167 Å². The van der Waals surface area contributed by atoms with Gasteiger partial charge in [0.05, 0.1) is 22.3 Å². The van der Waals surface area contributed by atoms with Crippen LogP contribution in [0.15, 0.2) is 37.4 Å². The zero-order valence-electron chi connectivity index (χ0n) is 14.5. The lowest BCUT2D eigenvalue weighted by molar-refractivity contribution is -0.133. The summed E-state index contributed by atoms with van der Waals surface area (Å²) in [6.07, 6.45) is 1.46. The van der Waals surface area contributed by atoms with Crippen LogP contribution in [0.25, 0.3) is 0 Å². The highest BCUT2D eigenvalue weighted by Crippen LogP contribution is 2.21. The first-order chi connectivity index (χ1) is 13.7. The van der Waals surface area contributed by atoms with Crippen molar-refractivity contribution in [2.75, 3.05) is 6.61 Å². The number of carbonyl (C=O) groups excluding carboxylic acids is 6. The average molecular weight is 404 g/mol. The first-order valence-corrected chi connectivity index (χ1v) is 7.45. The number of hydrogen-bond donors (Lipinski definition) is 1. The highest BCUT2D eigenvalue weighted by Gasteiger charge is 2.29. The largest absolute Gasteiger partial charge is 0.478 e. The molecule has 0 saturated heterocycles. The lowest BCUT2D eigenvalue weighted by Crippen LogP contribution is -2.21. The van der Waals surface area contributed by atoms with E-state index >= 15 is 0 Å². The number of ether oxygens (including phenoxy) is 3. The van der Waals surface area contributed by atoms with Crippen LogP contribution in [-0.2, 0) is 28.6 Å². The molecule has 0 bridgehead atoms. The third-order valence-electron chi connectivity index (χ3n) is 3.05. The van der Waals surface area contributed by atoms with E-state index in [9.17, 15) is 38.7 Å². The van der Waals surface area contributed by atoms with E-state index in [0.717, 1.165) is 0 Å². The maximum absolute atomic E-state index is 12.2. The predicted octanol–water partition coefficient (Wildman–Crippen LogP) is 0.479. The van der Waals surface area contributed by atoms with E-state index in [4.69, 9.17) is 0 Å². The molecular weight excluding hydrogens is 392 g/mol. The molecule has 0 radical (unpaired) electrons. The van der Waals surface area contributed by atoms with Gasteiger partial charge in [0.25, 0.3) is 0 Å². The van der Waals surface area contributed by atoms with Gasteiger partial charge in [-0.3, -0.25) is 4.79 Å². The second kappa shape index (κ2) is 10.1. The minimum atomic E-state index is -1.71. The molecule has 11 heteroatoms. The average Bonchev–Trinajstić information content (AvgIpc) is 2.70. The number of hydrogen-bond acceptors (Lipinski definition) is 10. The molecule has 1 aromatic rings. The Labute approximate surface area is 162 Å². The molecule has 1 N–H and O–H groups in total. The number of carbonyl (C=O) groups is 7. The molecule has 0 aliphatic rings. The Morgan fingerprint density at radius 1 is 0.793 bits per heavy atom. The lowest BCUT2D eigenvalue weighted by Gasteiger charge is -2.12. The third-order valence-corrected chi connectivity index (χ3v) is 3.05. The summed E-state index contributed by atoms with van der Waals surface area (Å²) in [4.78, 5) is 80.7. The fourth-order valence-corrected chi connectivity index (χ4v) is 1.85. The van der Waals surface area contributed by atoms with Crippen LogP contribution < -0.4 is 0 Å². The Balaban J connectivity index is 3.66. The number of benzene rings is 1. The van der Waals surface area contributed by atoms with Gasteiger partial charge in [0.2, 0.25) is 0 Å². The summed E-state index contributed by atoms with van der Waals surface area (Å²) >= 11 is 0. The molecule has 0 spiro atoms. The number of carboxylic acid groups (broad SMARTS) is 1. The van der Waals surface area contributed by atoms with Crippen molar-refractivity contribution in [1.29, 1.82) is 0 Å². The van der Waals surface area contributed by atoms with Crippen LogP contribution in [0.5, 0.6) is 0 Å². The summed E-state index contributed by atoms with van der Waals surface area (Å²) in [6.45, 7) is 5.42. The van der Waals surface area contributed by atoms with Gasteiger partial charge in [-0.25, -0.2) is 28.8 Å². The smallest absolute Gasteiger partial charge is 0.346 e. The standard InChI is InChI=1S/C18H12O11/c1-3-13(20)28-17(25)11-7-9(15(22)23)10(16(24)27-6-5-19)8-12(11)18(26)29-14(21)4-2/h3-5,7-8H,1-2,6H2,(H,22,23). The van der Waals surface area contributed by atoms with Gasteiger partial charge in [-0.05, 0) is 12.1 Å². The summed E-state index contributed by atoms with van der Waals surface area (Å²) in [5, 5.41) is 9.29. The van der Waals surface area contributed by atoms with Gasteiger partial charge >= 0.3 is 35.8 Å². The monoisotopic (exact) mass is 404 g/mol. The van der Waals surface area contributed by atoms with Gasteiger partial charge < -0.3 is 19.3 Å². The molecule has 0 atom stereocenters. The van der Waals surface area contributed by atoms with Gasteiger partial charge in [0.1, 0.15) is 6.61 Å². The number of esters is 5. The van der Waals surface area contributed by atoms with Crippen molar-refractivity contribution in [3.8, 4) is 0 Å². The Kier molecular flexibility index (Phi) is 7.85. The fourth-order valence-electron chi connectivity index (χ4n) is 1.85. The molecule has 150 valence electrons. The van der Waals surface area contributed by atoms with Crippen LogP contribution in [0.1, 0.15) is 41.4 Å². The van der Waals surface area contributed by atoms with Crippen LogP contribution in [0.4, 0.5) is 0 Å². The Morgan fingerprint density at radius 2 is 1.21 bits per heavy atom. The maximum Gasteiger partial charge on any atom is 0.346 e. The Bertz CT molecular complexity index is 939. The van der Waals surface area contributed by atoms with Crippen molar-refractivity contribution in [3.63, 3.8) is 0 Å². The van der Waals surface area contributed by atoms with E-state index in [1.165, 1.54) is 0 Å². The molecule has 0 aliphatic carbocycles. The lowest BCUT2D eigenvalue weighted by atomic mass is 9.98. The SMILES string of the molecule is C=CC(=O)OC(=O)c1cc(C(=O)O)c(C(=O)OCC=O)cc1C(=O)OC(=O)C=C. The van der Waals surface area contributed by atoms with Crippen LogP contribution in [0.2, 0.25) is 0 Å². The molecule has 1 rings (SSSR count). The van der Waals surface area contributed by atoms with Gasteiger partial charge in [-0.1, -0.05) is 13.2 Å². The molecule has 1 aromatic carbocycles. The van der Waals surface area contributed by atoms with E-state index < -0.39 is 64.7 Å². The van der Waals surface area contributed by atoms with Crippen molar-refractivity contribution in [2.24, 2.45) is 0 Å². The fraction of sp³-hybridized carbons (Fsp3) is 0.0556. The van der Waals surface area contributed by atoms with Gasteiger partial charge in [0.15, 0.2) is 6.29 Å². The van der Waals surface area contributed by atoms with Crippen LogP contribution >= 0.6 is 0 Å². The highest BCUT2D eigenvalue weighted by molar-refractivity contribution is 6.13. The number of aromatic carboxylic acids is 1. The first-order valence-electron chi connectivity index (χ1n) is 7.45. The van der Waals surface area contributed by atoms with E-state index in [2.05, 4.69) is 27.4 Å². The molecular formula is C18H12O11. The molecule has 0 aromatic heterocycles. The number of aldehydes is 1. The first kappa shape index (κ1) is 22.6. The Hall–Kier alpha value is -4.41. The molecule has 0 saturated carbocycles. The molecule has 11 nitrogen and oxygen atoms in total. The van der Waals surface area contributed by atoms with E-state index in [1.807, 2.05) is 0 Å². The van der Waals surface area contributed by atoms with E-state index in [1.54, 1.807) is 0 Å². The maximum atomic E-state index is 12.2. The normalized spacial score (nSPS) is 9.52. The van der Waals surface area contributed by atoms with Crippen molar-refractivity contribution in [3.05, 3.63) is 59.7 Å². The van der Waals surface area contributed by atoms with Crippen LogP contribution in [0.3, 0.4) is 0 Å². The highest BCUT2D eigenvalue weighted by atomic mass is 16.6. The second-order valence-electron chi connectivity index (χ2n) is 4.84. The molecule has 0 heterocycles. The molecule has 0 aliphatic heterocycles. The minimum Gasteiger partial charge on any atom is -0.478 e. The van der Waals surface area contributed by atoms with Gasteiger partial charge in [0, 0.05) is 12.2 Å². The predicted molar refractivity (Wildman–Crippen MR) is 91.0 cm³/mol. The minimum absolute atomic E-state index is 0.211. The van der Waals surface area contributed by atoms with Crippen molar-refractivity contribution >= 4 is 42.1 Å². The number of rotatable bonds is 8. The van der Waals surface area contributed by atoms with E-state index in [0.29, 0.717) is 24.3 Å². The molecule has 0 fully saturated rings. The third kappa shape index (κ3) is 5.79. The Morgan fingerprint density at radius 3 is 1.59 bits per heavy atom. The van der Waals surface area contributed by atoms with Gasteiger partial charge in [-0.2, -0.15) is 0 Å². The molecule has 29 heavy (non-hydrogen) atoms. The summed E-state index contributed by atoms with van der Waals surface area (Å²) in [7, 11) is 0. The van der Waals surface area contributed by atoms with Crippen molar-refractivity contribution in [1.82, 2.24) is 0 Å². The van der Waals surface area contributed by atoms with E-state index in [-0.39, 0.29) is 6.29 Å². The molecule has 0 unspecified atom stereocenters. The van der Waals surface area contributed by atoms with Crippen LogP contribution in [-0.4, -0.2) is 53.8 Å². The quantitative estimate of drug-likeness (QED) is 0.210. The van der Waals surface area contributed by atoms with Crippen molar-refractivity contribution < 1.29 is 52.9 Å². The number of carboxylic acids is 1. The summed E-state index contributed by atoms with van der Waals surface area (Å²) in [6, 6.07) is 1.14. The zero-order chi connectivity index (χ0) is 22.1. The van der Waals surface area contributed by atoms with Crippen LogP contribution in [0, 0.1) is 0 Å². The summed E-state index contributed by atoms with van der Waals surface area (Å²) in [5.41, 5.74) is -3.13. The molecule has 0 amide bonds.